The highest BCUT2D eigenvalue weighted by Crippen LogP contribution is 2.37. The zero-order valence-corrected chi connectivity index (χ0v) is 8.93. The van der Waals surface area contributed by atoms with Gasteiger partial charge in [-0.15, -0.1) is 0 Å². The average Bonchev–Trinajstić information content (AvgIpc) is 2.66. The molecule has 84 valence electrons. The van der Waals surface area contributed by atoms with Crippen molar-refractivity contribution >= 4 is 17.2 Å². The molecule has 6 nitrogen and oxygen atoms in total. The molecule has 1 fully saturated rings. The molecule has 1 aliphatic rings. The average molecular weight is 231 g/mol. The number of nitrogens with two attached hydrogens (primary N) is 1. The zero-order valence-electron chi connectivity index (χ0n) is 8.04. The first-order valence-corrected chi connectivity index (χ1v) is 6.01. The third-order valence-corrected chi connectivity index (χ3v) is 4.13. The highest BCUT2D eigenvalue weighted by Gasteiger charge is 2.23. The maximum Gasteiger partial charge on any atom is 0.359 e. The Morgan fingerprint density at radius 2 is 2.60 bits per heavy atom. The monoisotopic (exact) mass is 231 g/mol. The number of anilines is 1. The minimum absolute atomic E-state index is 0.00398. The second-order valence-corrected chi connectivity index (χ2v) is 5.05. The Hall–Kier alpha value is -1.05. The number of nitrogen functional groups attached to an aromatic ring is 1. The van der Waals surface area contributed by atoms with E-state index in [-0.39, 0.29) is 24.2 Å². The number of thiol groups is 1. The van der Waals surface area contributed by atoms with Gasteiger partial charge in [-0.3, -0.25) is 0 Å². The van der Waals surface area contributed by atoms with Crippen molar-refractivity contribution in [2.75, 3.05) is 18.1 Å². The van der Waals surface area contributed by atoms with Crippen LogP contribution in [-0.2, 0) is 4.18 Å². The first-order valence-electron chi connectivity index (χ1n) is 4.61. The van der Waals surface area contributed by atoms with Crippen LogP contribution >= 0.6 is 11.4 Å². The van der Waals surface area contributed by atoms with Crippen LogP contribution in [0.1, 0.15) is 6.42 Å². The number of aliphatic hydroxyl groups is 1. The van der Waals surface area contributed by atoms with Gasteiger partial charge >= 0.3 is 5.69 Å². The fourth-order valence-corrected chi connectivity index (χ4v) is 3.29. The van der Waals surface area contributed by atoms with E-state index in [1.165, 1.54) is 3.97 Å². The van der Waals surface area contributed by atoms with Crippen molar-refractivity contribution in [3.8, 4) is 0 Å². The summed E-state index contributed by atoms with van der Waals surface area (Å²) in [7, 11) is 0. The van der Waals surface area contributed by atoms with Crippen LogP contribution in [0.25, 0.3) is 0 Å². The van der Waals surface area contributed by atoms with E-state index in [9.17, 15) is 4.79 Å². The van der Waals surface area contributed by atoms with Crippen LogP contribution in [0.2, 0.25) is 0 Å². The summed E-state index contributed by atoms with van der Waals surface area (Å²) in [5, 5.41) is 8.91. The normalized spacial score (nSPS) is 28.1. The molecule has 1 saturated heterocycles. The molecular formula is C8H13N3O3S. The summed E-state index contributed by atoms with van der Waals surface area (Å²) in [5.41, 5.74) is 4.99. The van der Waals surface area contributed by atoms with Gasteiger partial charge in [0.05, 0.1) is 12.7 Å². The van der Waals surface area contributed by atoms with Crippen molar-refractivity contribution in [2.45, 2.75) is 12.5 Å². The van der Waals surface area contributed by atoms with Crippen molar-refractivity contribution in [1.82, 2.24) is 8.96 Å². The van der Waals surface area contributed by atoms with Gasteiger partial charge in [0.2, 0.25) is 0 Å². The molecule has 2 rings (SSSR count). The van der Waals surface area contributed by atoms with E-state index in [0.717, 1.165) is 12.2 Å². The van der Waals surface area contributed by atoms with Crippen LogP contribution in [0.3, 0.4) is 0 Å². The van der Waals surface area contributed by atoms with Gasteiger partial charge in [0.25, 0.3) is 0 Å². The molecule has 0 radical (unpaired) electrons. The van der Waals surface area contributed by atoms with Gasteiger partial charge in [0.15, 0.2) is 0 Å². The summed E-state index contributed by atoms with van der Waals surface area (Å²) >= 11 is -0.992. The Bertz CT molecular complexity index is 408. The fourth-order valence-electron chi connectivity index (χ4n) is 1.39. The van der Waals surface area contributed by atoms with E-state index < -0.39 is 11.4 Å². The zero-order chi connectivity index (χ0) is 10.8. The van der Waals surface area contributed by atoms with Crippen molar-refractivity contribution in [2.24, 2.45) is 0 Å². The topological polar surface area (TPSA) is 90.4 Å². The molecule has 15 heavy (non-hydrogen) atoms. The summed E-state index contributed by atoms with van der Waals surface area (Å²) < 4.78 is 6.97. The van der Waals surface area contributed by atoms with E-state index in [1.54, 1.807) is 12.3 Å². The molecule has 1 aromatic heterocycles. The van der Waals surface area contributed by atoms with Crippen LogP contribution in [0.4, 0.5) is 5.82 Å². The van der Waals surface area contributed by atoms with E-state index >= 15 is 0 Å². The summed E-state index contributed by atoms with van der Waals surface area (Å²) in [6, 6.07) is 1.57. The minimum atomic E-state index is -0.992. The summed E-state index contributed by atoms with van der Waals surface area (Å²) in [4.78, 5) is 15.1. The summed E-state index contributed by atoms with van der Waals surface area (Å²) in [6.45, 7) is -0.00398. The lowest BCUT2D eigenvalue weighted by Gasteiger charge is -2.17. The third-order valence-electron chi connectivity index (χ3n) is 2.16. The Balaban J connectivity index is 2.20. The standard InChI is InChI=1S/C8H13N3O3S/c9-7-1-3-11(8(13)10-7)15-4-2-6(5-12)14-15/h1,3,6,12,15H,2,4-5H2,(H2,9,10,13)/t6-/m0/s1. The molecule has 0 saturated carbocycles. The highest BCUT2D eigenvalue weighted by atomic mass is 32.2. The number of hydrogen-bond acceptors (Lipinski definition) is 5. The quantitative estimate of drug-likeness (QED) is 0.585. The van der Waals surface area contributed by atoms with Crippen molar-refractivity contribution in [3.63, 3.8) is 0 Å². The first-order chi connectivity index (χ1) is 7.20. The van der Waals surface area contributed by atoms with Crippen molar-refractivity contribution in [1.29, 1.82) is 0 Å². The molecule has 1 unspecified atom stereocenters. The molecule has 2 heterocycles. The third kappa shape index (κ3) is 2.14. The predicted octanol–water partition coefficient (Wildman–Crippen LogP) is -0.714. The lowest BCUT2D eigenvalue weighted by atomic mass is 10.3. The van der Waals surface area contributed by atoms with Crippen molar-refractivity contribution < 1.29 is 9.29 Å². The van der Waals surface area contributed by atoms with Gasteiger partial charge in [-0.1, -0.05) is 11.4 Å². The maximum atomic E-state index is 11.5. The number of rotatable bonds is 2. The van der Waals surface area contributed by atoms with E-state index in [4.69, 9.17) is 15.0 Å². The predicted molar refractivity (Wildman–Crippen MR) is 58.7 cm³/mol. The summed E-state index contributed by atoms with van der Waals surface area (Å²) in [5.74, 6) is 0.982. The molecule has 0 bridgehead atoms. The first kappa shape index (κ1) is 10.5. The Morgan fingerprint density at radius 1 is 1.80 bits per heavy atom. The van der Waals surface area contributed by atoms with Crippen LogP contribution in [0.15, 0.2) is 17.1 Å². The molecule has 0 spiro atoms. The molecule has 1 aromatic rings. The molecule has 2 atom stereocenters. The van der Waals surface area contributed by atoms with Crippen LogP contribution < -0.4 is 11.4 Å². The largest absolute Gasteiger partial charge is 0.394 e. The number of nitrogens with zero attached hydrogens (tertiary/aromatic N) is 2. The van der Waals surface area contributed by atoms with Crippen LogP contribution in [0.5, 0.6) is 0 Å². The molecule has 1 aliphatic heterocycles. The van der Waals surface area contributed by atoms with Gasteiger partial charge in [0, 0.05) is 11.9 Å². The number of aliphatic hydroxyl groups excluding tert-OH is 1. The van der Waals surface area contributed by atoms with Crippen LogP contribution in [-0.4, -0.2) is 32.5 Å². The molecule has 3 N–H and O–H groups in total. The molecule has 0 aliphatic carbocycles. The summed E-state index contributed by atoms with van der Waals surface area (Å²) in [6.07, 6.45) is 2.22. The minimum Gasteiger partial charge on any atom is -0.394 e. The van der Waals surface area contributed by atoms with Gasteiger partial charge in [-0.05, 0) is 12.5 Å². The van der Waals surface area contributed by atoms with E-state index in [1.807, 2.05) is 0 Å². The van der Waals surface area contributed by atoms with Gasteiger partial charge in [-0.25, -0.2) is 8.77 Å². The van der Waals surface area contributed by atoms with Crippen molar-refractivity contribution in [3.05, 3.63) is 22.7 Å². The molecule has 7 heteroatoms. The molecule has 0 amide bonds. The Labute approximate surface area is 89.4 Å². The van der Waals surface area contributed by atoms with Gasteiger partial charge in [0.1, 0.15) is 5.82 Å². The Kier molecular flexibility index (Phi) is 2.94. The second-order valence-electron chi connectivity index (χ2n) is 3.25. The molecule has 0 aromatic carbocycles. The van der Waals surface area contributed by atoms with Crippen LogP contribution in [0, 0.1) is 0 Å². The number of hydrogen-bond donors (Lipinski definition) is 3. The highest BCUT2D eigenvalue weighted by molar-refractivity contribution is 8.11. The van der Waals surface area contributed by atoms with E-state index in [0.29, 0.717) is 0 Å². The Morgan fingerprint density at radius 3 is 3.20 bits per heavy atom. The SMILES string of the molecule is Nc1ccn([SH]2CC[C@@H](CO)O2)c(=O)n1. The molecular weight excluding hydrogens is 218 g/mol. The lowest BCUT2D eigenvalue weighted by Crippen LogP contribution is -2.22. The van der Waals surface area contributed by atoms with Gasteiger partial charge in [-0.2, -0.15) is 4.98 Å². The number of aromatic nitrogens is 2. The smallest absolute Gasteiger partial charge is 0.359 e. The van der Waals surface area contributed by atoms with Gasteiger partial charge < -0.3 is 15.0 Å². The second kappa shape index (κ2) is 4.21. The maximum absolute atomic E-state index is 11.5. The lowest BCUT2D eigenvalue weighted by molar-refractivity contribution is 0.144. The fraction of sp³-hybridized carbons (Fsp3) is 0.500. The van der Waals surface area contributed by atoms with E-state index in [2.05, 4.69) is 4.98 Å².